The molecule has 1 saturated heterocycles. The predicted molar refractivity (Wildman–Crippen MR) is 71.2 cm³/mol. The molecule has 3 unspecified atom stereocenters. The molecule has 1 aliphatic heterocycles. The Hall–Kier alpha value is -2.12. The Kier molecular flexibility index (Phi) is 4.77. The fraction of sp³-hybridized carbons (Fsp3) is 0.692. The minimum Gasteiger partial charge on any atom is -0.481 e. The summed E-state index contributed by atoms with van der Waals surface area (Å²) >= 11 is 0. The first-order valence-corrected chi connectivity index (χ1v) is 7.08. The Bertz CT molecular complexity index is 465. The van der Waals surface area contributed by atoms with Crippen molar-refractivity contribution in [3.63, 3.8) is 0 Å². The first kappa shape index (κ1) is 15.3. The second kappa shape index (κ2) is 6.55. The van der Waals surface area contributed by atoms with Gasteiger partial charge in [-0.2, -0.15) is 0 Å². The second-order valence-corrected chi connectivity index (χ2v) is 5.49. The molecule has 2 aliphatic rings. The monoisotopic (exact) mass is 297 g/mol. The second-order valence-electron chi connectivity index (χ2n) is 5.49. The van der Waals surface area contributed by atoms with Gasteiger partial charge in [-0.05, 0) is 25.2 Å². The summed E-state index contributed by atoms with van der Waals surface area (Å²) in [5.41, 5.74) is 0. The molecule has 1 saturated carbocycles. The third-order valence-corrected chi connectivity index (χ3v) is 4.05. The van der Waals surface area contributed by atoms with Crippen molar-refractivity contribution in [1.29, 1.82) is 0 Å². The number of rotatable bonds is 4. The third kappa shape index (κ3) is 3.93. The topological polar surface area (TPSA) is 125 Å². The van der Waals surface area contributed by atoms with Crippen molar-refractivity contribution in [3.05, 3.63) is 0 Å². The predicted octanol–water partition coefficient (Wildman–Crippen LogP) is -0.408. The molecule has 0 aromatic carbocycles. The van der Waals surface area contributed by atoms with Gasteiger partial charge in [0.05, 0.1) is 5.92 Å². The highest BCUT2D eigenvalue weighted by atomic mass is 16.4. The van der Waals surface area contributed by atoms with E-state index >= 15 is 0 Å². The quantitative estimate of drug-likeness (QED) is 0.525. The Balaban J connectivity index is 1.76. The third-order valence-electron chi connectivity index (χ3n) is 4.05. The molecule has 1 aliphatic carbocycles. The van der Waals surface area contributed by atoms with E-state index in [4.69, 9.17) is 5.11 Å². The number of carbonyl (C=O) groups is 4. The molecule has 0 aromatic heterocycles. The SMILES string of the molecule is O=C1CCC(NC(=O)NCC2CCCC2C(=O)O)C(=O)N1. The highest BCUT2D eigenvalue weighted by molar-refractivity contribution is 6.01. The molecular weight excluding hydrogens is 278 g/mol. The van der Waals surface area contributed by atoms with Gasteiger partial charge in [0.15, 0.2) is 0 Å². The number of hydrogen-bond acceptors (Lipinski definition) is 4. The summed E-state index contributed by atoms with van der Waals surface area (Å²) in [5.74, 6) is -2.17. The van der Waals surface area contributed by atoms with Crippen LogP contribution in [0.2, 0.25) is 0 Å². The van der Waals surface area contributed by atoms with Gasteiger partial charge < -0.3 is 15.7 Å². The number of aliphatic carboxylic acids is 1. The van der Waals surface area contributed by atoms with Gasteiger partial charge in [-0.25, -0.2) is 4.79 Å². The van der Waals surface area contributed by atoms with Crippen molar-refractivity contribution in [3.8, 4) is 0 Å². The fourth-order valence-electron chi connectivity index (χ4n) is 2.87. The van der Waals surface area contributed by atoms with E-state index < -0.39 is 29.9 Å². The molecule has 0 bridgehead atoms. The number of hydrogen-bond donors (Lipinski definition) is 4. The number of carbonyl (C=O) groups excluding carboxylic acids is 3. The first-order chi connectivity index (χ1) is 9.97. The van der Waals surface area contributed by atoms with Gasteiger partial charge in [-0.1, -0.05) is 6.42 Å². The van der Waals surface area contributed by atoms with E-state index in [1.54, 1.807) is 0 Å². The Morgan fingerprint density at radius 3 is 2.67 bits per heavy atom. The minimum atomic E-state index is -0.829. The molecule has 3 atom stereocenters. The van der Waals surface area contributed by atoms with Gasteiger partial charge in [0.2, 0.25) is 11.8 Å². The molecule has 2 fully saturated rings. The molecule has 8 heteroatoms. The van der Waals surface area contributed by atoms with Crippen molar-refractivity contribution >= 4 is 23.8 Å². The maximum absolute atomic E-state index is 11.7. The summed E-state index contributed by atoms with van der Waals surface area (Å²) in [4.78, 5) is 45.2. The average molecular weight is 297 g/mol. The fourth-order valence-corrected chi connectivity index (χ4v) is 2.87. The van der Waals surface area contributed by atoms with Crippen LogP contribution in [0, 0.1) is 11.8 Å². The van der Waals surface area contributed by atoms with E-state index in [0.717, 1.165) is 12.8 Å². The standard InChI is InChI=1S/C13H19N3O5/c17-10-5-4-9(11(18)16-10)15-13(21)14-6-7-2-1-3-8(7)12(19)20/h7-9H,1-6H2,(H,19,20)(H2,14,15,21)(H,16,17,18). The van der Waals surface area contributed by atoms with Crippen LogP contribution in [0.4, 0.5) is 4.79 Å². The summed E-state index contributed by atoms with van der Waals surface area (Å²) in [6.07, 6.45) is 2.73. The maximum Gasteiger partial charge on any atom is 0.315 e. The highest BCUT2D eigenvalue weighted by Crippen LogP contribution is 2.31. The Morgan fingerprint density at radius 1 is 1.24 bits per heavy atom. The zero-order valence-electron chi connectivity index (χ0n) is 11.6. The molecule has 8 nitrogen and oxygen atoms in total. The number of carboxylic acid groups (broad SMARTS) is 1. The number of carboxylic acids is 1. The van der Waals surface area contributed by atoms with Crippen molar-refractivity contribution in [2.75, 3.05) is 6.54 Å². The number of piperidine rings is 1. The van der Waals surface area contributed by atoms with Gasteiger partial charge >= 0.3 is 12.0 Å². The van der Waals surface area contributed by atoms with E-state index in [1.165, 1.54) is 0 Å². The van der Waals surface area contributed by atoms with Crippen LogP contribution in [0.5, 0.6) is 0 Å². The lowest BCUT2D eigenvalue weighted by atomic mass is 9.96. The molecule has 116 valence electrons. The van der Waals surface area contributed by atoms with Crippen molar-refractivity contribution < 1.29 is 24.3 Å². The van der Waals surface area contributed by atoms with Crippen molar-refractivity contribution in [2.24, 2.45) is 11.8 Å². The molecule has 0 spiro atoms. The van der Waals surface area contributed by atoms with Crippen LogP contribution < -0.4 is 16.0 Å². The smallest absolute Gasteiger partial charge is 0.315 e. The lowest BCUT2D eigenvalue weighted by Gasteiger charge is -2.23. The van der Waals surface area contributed by atoms with Crippen molar-refractivity contribution in [2.45, 2.75) is 38.1 Å². The van der Waals surface area contributed by atoms with Crippen LogP contribution in [0.15, 0.2) is 0 Å². The van der Waals surface area contributed by atoms with E-state index in [1.807, 2.05) is 0 Å². The van der Waals surface area contributed by atoms with E-state index in [9.17, 15) is 19.2 Å². The number of imide groups is 1. The van der Waals surface area contributed by atoms with Gasteiger partial charge in [-0.3, -0.25) is 19.7 Å². The first-order valence-electron chi connectivity index (χ1n) is 7.08. The van der Waals surface area contributed by atoms with Gasteiger partial charge in [0.1, 0.15) is 6.04 Å². The molecule has 2 rings (SSSR count). The van der Waals surface area contributed by atoms with Crippen LogP contribution in [0.25, 0.3) is 0 Å². The largest absolute Gasteiger partial charge is 0.481 e. The molecule has 0 aromatic rings. The van der Waals surface area contributed by atoms with Crippen LogP contribution in [0.1, 0.15) is 32.1 Å². The maximum atomic E-state index is 11.7. The van der Waals surface area contributed by atoms with E-state index in [-0.39, 0.29) is 31.2 Å². The minimum absolute atomic E-state index is 0.0741. The van der Waals surface area contributed by atoms with E-state index in [2.05, 4.69) is 16.0 Å². The average Bonchev–Trinajstić information content (AvgIpc) is 2.88. The van der Waals surface area contributed by atoms with Crippen molar-refractivity contribution in [1.82, 2.24) is 16.0 Å². The lowest BCUT2D eigenvalue weighted by Crippen LogP contribution is -2.54. The van der Waals surface area contributed by atoms with Crippen LogP contribution in [-0.4, -0.2) is 41.5 Å². The molecule has 4 amide bonds. The van der Waals surface area contributed by atoms with E-state index in [0.29, 0.717) is 6.42 Å². The molecule has 4 N–H and O–H groups in total. The summed E-state index contributed by atoms with van der Waals surface area (Å²) in [5, 5.41) is 16.3. The number of urea groups is 1. The summed E-state index contributed by atoms with van der Waals surface area (Å²) in [6, 6.07) is -1.23. The Morgan fingerprint density at radius 2 is 2.00 bits per heavy atom. The van der Waals surface area contributed by atoms with Crippen LogP contribution in [0.3, 0.4) is 0 Å². The molecule has 21 heavy (non-hydrogen) atoms. The zero-order chi connectivity index (χ0) is 15.4. The molecule has 0 radical (unpaired) electrons. The van der Waals surface area contributed by atoms with Gasteiger partial charge in [0, 0.05) is 13.0 Å². The summed E-state index contributed by atoms with van der Waals surface area (Å²) in [7, 11) is 0. The Labute approximate surface area is 121 Å². The lowest BCUT2D eigenvalue weighted by molar-refractivity contribution is -0.143. The summed E-state index contributed by atoms with van der Waals surface area (Å²) < 4.78 is 0. The molecular formula is C13H19N3O5. The molecule has 1 heterocycles. The van der Waals surface area contributed by atoms with Crippen LogP contribution >= 0.6 is 0 Å². The summed E-state index contributed by atoms with van der Waals surface area (Å²) in [6.45, 7) is 0.274. The van der Waals surface area contributed by atoms with Gasteiger partial charge in [-0.15, -0.1) is 0 Å². The highest BCUT2D eigenvalue weighted by Gasteiger charge is 2.33. The number of nitrogens with one attached hydrogen (secondary N) is 3. The van der Waals surface area contributed by atoms with Gasteiger partial charge in [0.25, 0.3) is 0 Å². The number of amides is 4. The van der Waals surface area contributed by atoms with Crippen LogP contribution in [-0.2, 0) is 14.4 Å². The normalized spacial score (nSPS) is 28.9. The zero-order valence-corrected chi connectivity index (χ0v) is 11.6.